The predicted octanol–water partition coefficient (Wildman–Crippen LogP) is 2.64. The Balaban J connectivity index is 1.39. The minimum Gasteiger partial charge on any atom is -0.493 e. The molecular formula is C21H24N6O3. The molecule has 1 aromatic carbocycles. The number of methoxy groups -OCH3 is 2. The van der Waals surface area contributed by atoms with Crippen molar-refractivity contribution in [1.29, 1.82) is 0 Å². The van der Waals surface area contributed by atoms with Crippen LogP contribution in [0.5, 0.6) is 11.5 Å². The molecule has 9 nitrogen and oxygen atoms in total. The fourth-order valence-electron chi connectivity index (χ4n) is 3.46. The molecule has 1 saturated heterocycles. The van der Waals surface area contributed by atoms with E-state index in [9.17, 15) is 4.79 Å². The lowest BCUT2D eigenvalue weighted by molar-refractivity contribution is 0.208. The quantitative estimate of drug-likeness (QED) is 0.699. The minimum absolute atomic E-state index is 0.170. The summed E-state index contributed by atoms with van der Waals surface area (Å²) in [5.41, 5.74) is 0.580. The van der Waals surface area contributed by atoms with Crippen LogP contribution >= 0.6 is 0 Å². The highest BCUT2D eigenvalue weighted by Gasteiger charge is 2.23. The van der Waals surface area contributed by atoms with Crippen molar-refractivity contribution in [2.75, 3.05) is 50.6 Å². The smallest absolute Gasteiger partial charge is 0.322 e. The first-order chi connectivity index (χ1) is 14.7. The third-order valence-electron chi connectivity index (χ3n) is 5.04. The normalized spacial score (nSPS) is 13.8. The van der Waals surface area contributed by atoms with Crippen LogP contribution in [0, 0.1) is 0 Å². The number of ether oxygens (including phenoxy) is 2. The zero-order valence-electron chi connectivity index (χ0n) is 17.0. The van der Waals surface area contributed by atoms with Gasteiger partial charge in [0.15, 0.2) is 11.5 Å². The summed E-state index contributed by atoms with van der Waals surface area (Å²) >= 11 is 0. The molecule has 3 aromatic rings. The fraction of sp³-hybridized carbons (Fsp3) is 0.286. The summed E-state index contributed by atoms with van der Waals surface area (Å²) in [5.74, 6) is 2.74. The van der Waals surface area contributed by atoms with E-state index < -0.39 is 0 Å². The first-order valence-corrected chi connectivity index (χ1v) is 9.67. The van der Waals surface area contributed by atoms with Crippen molar-refractivity contribution in [1.82, 2.24) is 19.4 Å². The minimum atomic E-state index is -0.170. The van der Waals surface area contributed by atoms with Crippen molar-refractivity contribution in [2.45, 2.75) is 0 Å². The number of hydrogen-bond acceptors (Lipinski definition) is 6. The zero-order valence-corrected chi connectivity index (χ0v) is 17.0. The largest absolute Gasteiger partial charge is 0.493 e. The van der Waals surface area contributed by atoms with Gasteiger partial charge in [0.2, 0.25) is 0 Å². The highest BCUT2D eigenvalue weighted by Crippen LogP contribution is 2.34. The number of anilines is 2. The Hall–Kier alpha value is -3.75. The molecule has 0 atom stereocenters. The van der Waals surface area contributed by atoms with Gasteiger partial charge in [-0.15, -0.1) is 0 Å². The van der Waals surface area contributed by atoms with Gasteiger partial charge in [0.05, 0.1) is 19.9 Å². The number of urea groups is 1. The Morgan fingerprint density at radius 1 is 0.967 bits per heavy atom. The van der Waals surface area contributed by atoms with Crippen LogP contribution in [0.3, 0.4) is 0 Å². The summed E-state index contributed by atoms with van der Waals surface area (Å²) in [6, 6.07) is 11.1. The van der Waals surface area contributed by atoms with Crippen LogP contribution in [-0.2, 0) is 0 Å². The van der Waals surface area contributed by atoms with Crippen LogP contribution in [0.1, 0.15) is 0 Å². The van der Waals surface area contributed by atoms with Gasteiger partial charge in [-0.2, -0.15) is 0 Å². The molecule has 0 spiro atoms. The maximum Gasteiger partial charge on any atom is 0.322 e. The number of benzene rings is 1. The van der Waals surface area contributed by atoms with E-state index in [0.29, 0.717) is 43.4 Å². The molecule has 1 aliphatic rings. The number of rotatable bonds is 5. The van der Waals surface area contributed by atoms with E-state index in [1.807, 2.05) is 41.2 Å². The molecule has 9 heteroatoms. The van der Waals surface area contributed by atoms with E-state index in [4.69, 9.17) is 9.47 Å². The third-order valence-corrected chi connectivity index (χ3v) is 5.04. The Labute approximate surface area is 174 Å². The van der Waals surface area contributed by atoms with E-state index in [1.54, 1.807) is 37.6 Å². The molecule has 2 amide bonds. The van der Waals surface area contributed by atoms with Gasteiger partial charge in [0.1, 0.15) is 18.0 Å². The standard InChI is InChI=1S/C21H24N6O3/c1-29-17-7-5-6-16(20(17)30-2)24-21(28)27-12-10-26(11-13-27)19-14-18(22-15-23-19)25-8-3-4-9-25/h3-9,14-15H,10-13H2,1-2H3,(H,24,28). The van der Waals surface area contributed by atoms with Gasteiger partial charge < -0.3 is 29.2 Å². The summed E-state index contributed by atoms with van der Waals surface area (Å²) in [7, 11) is 3.12. The monoisotopic (exact) mass is 408 g/mol. The lowest BCUT2D eigenvalue weighted by Gasteiger charge is -2.35. The maximum atomic E-state index is 12.8. The highest BCUT2D eigenvalue weighted by molar-refractivity contribution is 5.91. The Morgan fingerprint density at radius 2 is 1.70 bits per heavy atom. The Kier molecular flexibility index (Phi) is 5.69. The molecule has 1 aliphatic heterocycles. The van der Waals surface area contributed by atoms with Crippen LogP contribution in [0.25, 0.3) is 5.82 Å². The van der Waals surface area contributed by atoms with Gasteiger partial charge in [-0.05, 0) is 24.3 Å². The number of carbonyl (C=O) groups excluding carboxylic acids is 1. The summed E-state index contributed by atoms with van der Waals surface area (Å²) in [6.07, 6.45) is 5.46. The first-order valence-electron chi connectivity index (χ1n) is 9.67. The van der Waals surface area contributed by atoms with Crippen LogP contribution in [0.4, 0.5) is 16.3 Å². The van der Waals surface area contributed by atoms with Crippen molar-refractivity contribution in [3.8, 4) is 17.3 Å². The van der Waals surface area contributed by atoms with Gasteiger partial charge in [-0.25, -0.2) is 14.8 Å². The summed E-state index contributed by atoms with van der Waals surface area (Å²) in [5, 5.41) is 2.92. The van der Waals surface area contributed by atoms with Gasteiger partial charge >= 0.3 is 6.03 Å². The van der Waals surface area contributed by atoms with E-state index in [2.05, 4.69) is 20.2 Å². The second kappa shape index (κ2) is 8.73. The number of carbonyl (C=O) groups is 1. The number of piperazine rings is 1. The second-order valence-corrected chi connectivity index (χ2v) is 6.77. The Morgan fingerprint density at radius 3 is 2.40 bits per heavy atom. The zero-order chi connectivity index (χ0) is 20.9. The summed E-state index contributed by atoms with van der Waals surface area (Å²) < 4.78 is 12.6. The van der Waals surface area contributed by atoms with Gasteiger partial charge in [0.25, 0.3) is 0 Å². The van der Waals surface area contributed by atoms with Crippen molar-refractivity contribution >= 4 is 17.5 Å². The molecular weight excluding hydrogens is 384 g/mol. The predicted molar refractivity (Wildman–Crippen MR) is 114 cm³/mol. The van der Waals surface area contributed by atoms with Crippen molar-refractivity contribution in [2.24, 2.45) is 0 Å². The molecule has 3 heterocycles. The molecule has 0 saturated carbocycles. The average molecular weight is 408 g/mol. The number of para-hydroxylation sites is 1. The molecule has 30 heavy (non-hydrogen) atoms. The number of hydrogen-bond donors (Lipinski definition) is 1. The second-order valence-electron chi connectivity index (χ2n) is 6.77. The van der Waals surface area contributed by atoms with Gasteiger partial charge in [-0.1, -0.05) is 6.07 Å². The van der Waals surface area contributed by atoms with Crippen molar-refractivity contribution in [3.05, 3.63) is 55.1 Å². The SMILES string of the molecule is COc1cccc(NC(=O)N2CCN(c3cc(-n4cccc4)ncn3)CC2)c1OC. The fourth-order valence-corrected chi connectivity index (χ4v) is 3.46. The molecule has 0 bridgehead atoms. The average Bonchev–Trinajstić information content (AvgIpc) is 3.34. The van der Waals surface area contributed by atoms with Crippen LogP contribution < -0.4 is 19.7 Å². The molecule has 156 valence electrons. The first kappa shape index (κ1) is 19.6. The molecule has 2 aromatic heterocycles. The topological polar surface area (TPSA) is 84.8 Å². The van der Waals surface area contributed by atoms with E-state index in [1.165, 1.54) is 0 Å². The molecule has 1 fully saturated rings. The third kappa shape index (κ3) is 4.00. The van der Waals surface area contributed by atoms with Gasteiger partial charge in [-0.3, -0.25) is 0 Å². The Bertz CT molecular complexity index is 1000. The van der Waals surface area contributed by atoms with Crippen molar-refractivity contribution in [3.63, 3.8) is 0 Å². The molecule has 4 rings (SSSR count). The number of nitrogens with one attached hydrogen (secondary N) is 1. The van der Waals surface area contributed by atoms with E-state index in [0.717, 1.165) is 11.6 Å². The van der Waals surface area contributed by atoms with Crippen LogP contribution in [0.15, 0.2) is 55.1 Å². The highest BCUT2D eigenvalue weighted by atomic mass is 16.5. The van der Waals surface area contributed by atoms with Crippen LogP contribution in [-0.4, -0.2) is 65.9 Å². The summed E-state index contributed by atoms with van der Waals surface area (Å²) in [4.78, 5) is 25.4. The molecule has 1 N–H and O–H groups in total. The van der Waals surface area contributed by atoms with Gasteiger partial charge in [0, 0.05) is 44.6 Å². The van der Waals surface area contributed by atoms with E-state index in [-0.39, 0.29) is 6.03 Å². The lowest BCUT2D eigenvalue weighted by atomic mass is 10.2. The maximum absolute atomic E-state index is 12.8. The molecule has 0 aliphatic carbocycles. The van der Waals surface area contributed by atoms with Crippen LogP contribution in [0.2, 0.25) is 0 Å². The number of aromatic nitrogens is 3. The van der Waals surface area contributed by atoms with Crippen molar-refractivity contribution < 1.29 is 14.3 Å². The lowest BCUT2D eigenvalue weighted by Crippen LogP contribution is -2.50. The number of amides is 2. The van der Waals surface area contributed by atoms with E-state index >= 15 is 0 Å². The summed E-state index contributed by atoms with van der Waals surface area (Å²) in [6.45, 7) is 2.54. The number of nitrogens with zero attached hydrogens (tertiary/aromatic N) is 5. The molecule has 0 unspecified atom stereocenters. The molecule has 0 radical (unpaired) electrons.